The van der Waals surface area contributed by atoms with Gasteiger partial charge in [0.1, 0.15) is 11.5 Å². The van der Waals surface area contributed by atoms with Gasteiger partial charge in [0.2, 0.25) is 0 Å². The van der Waals surface area contributed by atoms with Crippen LogP contribution in [0.25, 0.3) is 0 Å². The van der Waals surface area contributed by atoms with Crippen LogP contribution in [0.4, 0.5) is 0 Å². The first-order valence-electron chi connectivity index (χ1n) is 5.79. The summed E-state index contributed by atoms with van der Waals surface area (Å²) in [4.78, 5) is 0. The third kappa shape index (κ3) is 2.30. The van der Waals surface area contributed by atoms with E-state index >= 15 is 0 Å². The molecule has 88 valence electrons. The molecule has 3 heteroatoms. The number of nitrogens with two attached hydrogens (primary N) is 1. The predicted octanol–water partition coefficient (Wildman–Crippen LogP) is 1.91. The van der Waals surface area contributed by atoms with E-state index in [4.69, 9.17) is 15.2 Å². The first-order valence-corrected chi connectivity index (χ1v) is 5.79. The van der Waals surface area contributed by atoms with Crippen LogP contribution in [0.5, 0.6) is 11.5 Å². The summed E-state index contributed by atoms with van der Waals surface area (Å²) in [6.07, 6.45) is 2.98. The van der Waals surface area contributed by atoms with Crippen molar-refractivity contribution in [3.8, 4) is 11.5 Å². The molecule has 3 nitrogen and oxygen atoms in total. The molecule has 0 amide bonds. The number of hydrogen-bond donors (Lipinski definition) is 1. The van der Waals surface area contributed by atoms with Crippen molar-refractivity contribution in [3.63, 3.8) is 0 Å². The van der Waals surface area contributed by atoms with Crippen molar-refractivity contribution < 1.29 is 9.47 Å². The van der Waals surface area contributed by atoms with Gasteiger partial charge in [-0.05, 0) is 49.4 Å². The summed E-state index contributed by atoms with van der Waals surface area (Å²) >= 11 is 0. The molecule has 1 aliphatic heterocycles. The maximum atomic E-state index is 5.83. The molecule has 0 spiro atoms. The average molecular weight is 221 g/mol. The van der Waals surface area contributed by atoms with E-state index in [1.165, 1.54) is 5.56 Å². The second-order valence-corrected chi connectivity index (χ2v) is 4.41. The third-order valence-corrected chi connectivity index (χ3v) is 2.85. The lowest BCUT2D eigenvalue weighted by atomic mass is 9.99. The quantitative estimate of drug-likeness (QED) is 0.848. The SMILES string of the molecule is COc1cc2c(cc1CC(C)N)OCCC2. The summed E-state index contributed by atoms with van der Waals surface area (Å²) in [5.74, 6) is 1.93. The Balaban J connectivity index is 2.35. The van der Waals surface area contributed by atoms with Crippen molar-refractivity contribution in [1.29, 1.82) is 0 Å². The molecule has 0 saturated carbocycles. The lowest BCUT2D eigenvalue weighted by Gasteiger charge is -2.20. The van der Waals surface area contributed by atoms with Crippen LogP contribution < -0.4 is 15.2 Å². The lowest BCUT2D eigenvalue weighted by molar-refractivity contribution is 0.286. The minimum Gasteiger partial charge on any atom is -0.496 e. The van der Waals surface area contributed by atoms with E-state index in [9.17, 15) is 0 Å². The third-order valence-electron chi connectivity index (χ3n) is 2.85. The van der Waals surface area contributed by atoms with Crippen LogP contribution in [0.3, 0.4) is 0 Å². The molecule has 2 N–H and O–H groups in total. The van der Waals surface area contributed by atoms with Crippen LogP contribution in [0.15, 0.2) is 12.1 Å². The normalized spacial score (nSPS) is 16.2. The van der Waals surface area contributed by atoms with Gasteiger partial charge in [0.05, 0.1) is 13.7 Å². The standard InChI is InChI=1S/C13H19NO2/c1-9(14)6-11-8-13-10(4-3-5-16-13)7-12(11)15-2/h7-9H,3-6,14H2,1-2H3. The molecule has 1 unspecified atom stereocenters. The fourth-order valence-electron chi connectivity index (χ4n) is 2.12. The van der Waals surface area contributed by atoms with Crippen molar-refractivity contribution in [2.45, 2.75) is 32.2 Å². The summed E-state index contributed by atoms with van der Waals surface area (Å²) in [6.45, 7) is 2.82. The van der Waals surface area contributed by atoms with Crippen LogP contribution in [-0.2, 0) is 12.8 Å². The predicted molar refractivity (Wildman–Crippen MR) is 64.2 cm³/mol. The number of ether oxygens (including phenoxy) is 2. The Labute approximate surface area is 96.5 Å². The fourth-order valence-corrected chi connectivity index (χ4v) is 2.12. The molecular formula is C13H19NO2. The van der Waals surface area contributed by atoms with E-state index in [1.54, 1.807) is 7.11 Å². The first-order chi connectivity index (χ1) is 7.70. The number of rotatable bonds is 3. The summed E-state index contributed by atoms with van der Waals surface area (Å²) < 4.78 is 11.0. The van der Waals surface area contributed by atoms with Gasteiger partial charge in [0, 0.05) is 6.04 Å². The second kappa shape index (κ2) is 4.74. The maximum absolute atomic E-state index is 5.83. The molecule has 0 fully saturated rings. The molecule has 0 bridgehead atoms. The van der Waals surface area contributed by atoms with Gasteiger partial charge in [-0.2, -0.15) is 0 Å². The number of methoxy groups -OCH3 is 1. The molecule has 1 heterocycles. The highest BCUT2D eigenvalue weighted by atomic mass is 16.5. The molecule has 0 aliphatic carbocycles. The number of fused-ring (bicyclic) bond motifs is 1. The zero-order chi connectivity index (χ0) is 11.5. The topological polar surface area (TPSA) is 44.5 Å². The molecule has 1 aliphatic rings. The molecule has 2 rings (SSSR count). The van der Waals surface area contributed by atoms with E-state index in [0.717, 1.165) is 42.9 Å². The number of aryl methyl sites for hydroxylation is 1. The van der Waals surface area contributed by atoms with Crippen LogP contribution in [-0.4, -0.2) is 19.8 Å². The van der Waals surface area contributed by atoms with E-state index in [0.29, 0.717) is 0 Å². The highest BCUT2D eigenvalue weighted by molar-refractivity contribution is 5.47. The van der Waals surface area contributed by atoms with Crippen molar-refractivity contribution >= 4 is 0 Å². The number of hydrogen-bond acceptors (Lipinski definition) is 3. The van der Waals surface area contributed by atoms with Crippen molar-refractivity contribution in [2.24, 2.45) is 5.73 Å². The van der Waals surface area contributed by atoms with E-state index in [-0.39, 0.29) is 6.04 Å². The van der Waals surface area contributed by atoms with E-state index < -0.39 is 0 Å². The molecule has 1 atom stereocenters. The van der Waals surface area contributed by atoms with Gasteiger partial charge in [0.15, 0.2) is 0 Å². The monoisotopic (exact) mass is 221 g/mol. The summed E-state index contributed by atoms with van der Waals surface area (Å²) in [6, 6.07) is 4.30. The van der Waals surface area contributed by atoms with Crippen LogP contribution in [0.2, 0.25) is 0 Å². The zero-order valence-corrected chi connectivity index (χ0v) is 9.95. The first kappa shape index (κ1) is 11.3. The van der Waals surface area contributed by atoms with Gasteiger partial charge in [0.25, 0.3) is 0 Å². The summed E-state index contributed by atoms with van der Waals surface area (Å²) in [7, 11) is 1.70. The van der Waals surface area contributed by atoms with Crippen molar-refractivity contribution in [3.05, 3.63) is 23.3 Å². The summed E-state index contributed by atoms with van der Waals surface area (Å²) in [5, 5.41) is 0. The Kier molecular flexibility index (Phi) is 3.34. The Bertz CT molecular complexity index is 374. The highest BCUT2D eigenvalue weighted by Crippen LogP contribution is 2.32. The Morgan fingerprint density at radius 3 is 3.00 bits per heavy atom. The second-order valence-electron chi connectivity index (χ2n) is 4.41. The highest BCUT2D eigenvalue weighted by Gasteiger charge is 2.15. The molecule has 16 heavy (non-hydrogen) atoms. The van der Waals surface area contributed by atoms with Gasteiger partial charge >= 0.3 is 0 Å². The molecule has 1 aromatic rings. The smallest absolute Gasteiger partial charge is 0.123 e. The Hall–Kier alpha value is -1.22. The Morgan fingerprint density at radius 2 is 2.31 bits per heavy atom. The van der Waals surface area contributed by atoms with Crippen LogP contribution in [0, 0.1) is 0 Å². The van der Waals surface area contributed by atoms with E-state index in [1.807, 2.05) is 6.92 Å². The van der Waals surface area contributed by atoms with Crippen molar-refractivity contribution in [2.75, 3.05) is 13.7 Å². The van der Waals surface area contributed by atoms with Gasteiger partial charge in [-0.25, -0.2) is 0 Å². The lowest BCUT2D eigenvalue weighted by Crippen LogP contribution is -2.19. The Morgan fingerprint density at radius 1 is 1.50 bits per heavy atom. The van der Waals surface area contributed by atoms with Crippen LogP contribution in [0.1, 0.15) is 24.5 Å². The molecule has 1 aromatic carbocycles. The molecule has 0 aromatic heterocycles. The maximum Gasteiger partial charge on any atom is 0.123 e. The molecule has 0 saturated heterocycles. The van der Waals surface area contributed by atoms with Crippen LogP contribution >= 0.6 is 0 Å². The van der Waals surface area contributed by atoms with E-state index in [2.05, 4.69) is 12.1 Å². The molecule has 0 radical (unpaired) electrons. The average Bonchev–Trinajstić information content (AvgIpc) is 2.27. The number of benzene rings is 1. The minimum absolute atomic E-state index is 0.135. The minimum atomic E-state index is 0.135. The summed E-state index contributed by atoms with van der Waals surface area (Å²) in [5.41, 5.74) is 8.21. The van der Waals surface area contributed by atoms with Gasteiger partial charge < -0.3 is 15.2 Å². The van der Waals surface area contributed by atoms with Gasteiger partial charge in [-0.15, -0.1) is 0 Å². The largest absolute Gasteiger partial charge is 0.496 e. The molecular weight excluding hydrogens is 202 g/mol. The zero-order valence-electron chi connectivity index (χ0n) is 9.95. The van der Waals surface area contributed by atoms with Gasteiger partial charge in [-0.3, -0.25) is 0 Å². The fraction of sp³-hybridized carbons (Fsp3) is 0.538. The van der Waals surface area contributed by atoms with Crippen molar-refractivity contribution in [1.82, 2.24) is 0 Å². The van der Waals surface area contributed by atoms with Gasteiger partial charge in [-0.1, -0.05) is 0 Å².